The molecule has 0 bridgehead atoms. The Labute approximate surface area is 166 Å². The molecule has 0 aromatic heterocycles. The molecule has 158 valence electrons. The minimum absolute atomic E-state index is 0.0186. The Morgan fingerprint density at radius 3 is 2.43 bits per heavy atom. The van der Waals surface area contributed by atoms with E-state index in [0.29, 0.717) is 0 Å². The van der Waals surface area contributed by atoms with Crippen LogP contribution in [0, 0.1) is 11.8 Å². The van der Waals surface area contributed by atoms with Crippen molar-refractivity contribution in [1.82, 2.24) is 0 Å². The molecule has 2 N–H and O–H groups in total. The molecule has 0 spiro atoms. The first kappa shape index (κ1) is 24.2. The molecular formula is C21H32O7. The Balaban J connectivity index is 2.99. The molecule has 28 heavy (non-hydrogen) atoms. The van der Waals surface area contributed by atoms with Crippen LogP contribution in [0.3, 0.4) is 0 Å². The minimum Gasteiger partial charge on any atom is -0.465 e. The maximum absolute atomic E-state index is 12.9. The van der Waals surface area contributed by atoms with Gasteiger partial charge in [-0.15, -0.1) is 0 Å². The Kier molecular flexibility index (Phi) is 8.73. The predicted molar refractivity (Wildman–Crippen MR) is 103 cm³/mol. The van der Waals surface area contributed by atoms with Crippen molar-refractivity contribution in [3.8, 4) is 0 Å². The number of carbonyl (C=O) groups excluding carboxylic acids is 3. The van der Waals surface area contributed by atoms with Crippen LogP contribution in [-0.4, -0.2) is 58.3 Å². The fraction of sp³-hybridized carbons (Fsp3) is 0.667. The SMILES string of the molecule is C=C(C(=O)[C@H](COC(C)=O)[C@H](O)[C@]1(C)O[C@@H]1[C@@H](C)/C=C\C)C(O)CC(=O)CC. The summed E-state index contributed by atoms with van der Waals surface area (Å²) in [5, 5.41) is 21.0. The van der Waals surface area contributed by atoms with Crippen molar-refractivity contribution in [3.63, 3.8) is 0 Å². The van der Waals surface area contributed by atoms with Crippen LogP contribution in [0.4, 0.5) is 0 Å². The van der Waals surface area contributed by atoms with Crippen LogP contribution in [-0.2, 0) is 23.9 Å². The van der Waals surface area contributed by atoms with E-state index in [9.17, 15) is 24.6 Å². The highest BCUT2D eigenvalue weighted by atomic mass is 16.6. The van der Waals surface area contributed by atoms with E-state index in [2.05, 4.69) is 6.58 Å². The first-order valence-corrected chi connectivity index (χ1v) is 9.54. The Morgan fingerprint density at radius 2 is 1.93 bits per heavy atom. The molecule has 0 aromatic carbocycles. The number of carbonyl (C=O) groups is 3. The van der Waals surface area contributed by atoms with E-state index in [1.54, 1.807) is 13.8 Å². The second kappa shape index (κ2) is 10.1. The van der Waals surface area contributed by atoms with Crippen molar-refractivity contribution in [3.05, 3.63) is 24.3 Å². The molecule has 1 saturated heterocycles. The Morgan fingerprint density at radius 1 is 1.32 bits per heavy atom. The summed E-state index contributed by atoms with van der Waals surface area (Å²) in [4.78, 5) is 35.7. The van der Waals surface area contributed by atoms with Crippen molar-refractivity contribution in [2.45, 2.75) is 71.4 Å². The van der Waals surface area contributed by atoms with E-state index < -0.39 is 35.5 Å². The van der Waals surface area contributed by atoms with Crippen molar-refractivity contribution in [1.29, 1.82) is 0 Å². The highest BCUT2D eigenvalue weighted by Gasteiger charge is 2.61. The number of esters is 1. The molecular weight excluding hydrogens is 364 g/mol. The number of epoxide rings is 1. The average Bonchev–Trinajstić information content (AvgIpc) is 3.33. The molecule has 1 heterocycles. The van der Waals surface area contributed by atoms with E-state index >= 15 is 0 Å². The zero-order valence-electron chi connectivity index (χ0n) is 17.3. The number of aliphatic hydroxyl groups is 2. The normalized spacial score (nSPS) is 25.6. The summed E-state index contributed by atoms with van der Waals surface area (Å²) in [7, 11) is 0. The van der Waals surface area contributed by atoms with Crippen LogP contribution < -0.4 is 0 Å². The summed E-state index contributed by atoms with van der Waals surface area (Å²) in [5.41, 5.74) is -1.19. The molecule has 0 radical (unpaired) electrons. The van der Waals surface area contributed by atoms with E-state index in [-0.39, 0.29) is 42.8 Å². The van der Waals surface area contributed by atoms with Crippen LogP contribution >= 0.6 is 0 Å². The van der Waals surface area contributed by atoms with Crippen LogP contribution in [0.1, 0.15) is 47.5 Å². The maximum atomic E-state index is 12.9. The van der Waals surface area contributed by atoms with Gasteiger partial charge < -0.3 is 19.7 Å². The summed E-state index contributed by atoms with van der Waals surface area (Å²) in [5.74, 6) is -2.60. The van der Waals surface area contributed by atoms with Gasteiger partial charge in [-0.1, -0.05) is 32.6 Å². The fourth-order valence-corrected chi connectivity index (χ4v) is 3.31. The molecule has 1 fully saturated rings. The van der Waals surface area contributed by atoms with Gasteiger partial charge in [0, 0.05) is 31.3 Å². The van der Waals surface area contributed by atoms with Crippen LogP contribution in [0.5, 0.6) is 0 Å². The first-order valence-electron chi connectivity index (χ1n) is 9.54. The van der Waals surface area contributed by atoms with E-state index in [0.717, 1.165) is 0 Å². The number of ether oxygens (including phenoxy) is 2. The molecule has 1 unspecified atom stereocenters. The summed E-state index contributed by atoms with van der Waals surface area (Å²) >= 11 is 0. The largest absolute Gasteiger partial charge is 0.465 e. The van der Waals surface area contributed by atoms with Crippen LogP contribution in [0.2, 0.25) is 0 Å². The zero-order valence-corrected chi connectivity index (χ0v) is 17.3. The number of rotatable bonds is 12. The maximum Gasteiger partial charge on any atom is 0.302 e. The quantitative estimate of drug-likeness (QED) is 0.224. The molecule has 1 aliphatic rings. The average molecular weight is 396 g/mol. The van der Waals surface area contributed by atoms with Crippen LogP contribution in [0.25, 0.3) is 0 Å². The lowest BCUT2D eigenvalue weighted by Crippen LogP contribution is -2.44. The highest BCUT2D eigenvalue weighted by Crippen LogP contribution is 2.46. The monoisotopic (exact) mass is 396 g/mol. The van der Waals surface area contributed by atoms with Crippen molar-refractivity contribution < 1.29 is 34.1 Å². The van der Waals surface area contributed by atoms with Crippen LogP contribution in [0.15, 0.2) is 24.3 Å². The van der Waals surface area contributed by atoms with Crippen molar-refractivity contribution >= 4 is 17.5 Å². The molecule has 0 aromatic rings. The molecule has 7 nitrogen and oxygen atoms in total. The third-order valence-electron chi connectivity index (χ3n) is 5.17. The van der Waals surface area contributed by atoms with Gasteiger partial charge in [0.2, 0.25) is 0 Å². The third-order valence-corrected chi connectivity index (χ3v) is 5.17. The second-order valence-electron chi connectivity index (χ2n) is 7.46. The van der Waals surface area contributed by atoms with Gasteiger partial charge in [-0.2, -0.15) is 0 Å². The lowest BCUT2D eigenvalue weighted by Gasteiger charge is -2.27. The standard InChI is InChI=1S/C21H32O7/c1-7-9-12(3)20-21(6,28-20)19(26)16(11-27-14(5)22)18(25)13(4)17(24)10-15(23)8-2/h7,9,12,16-17,19-20,24,26H,4,8,10-11H2,1-3,5-6H3/b9-7-/t12-,16-,17?,19-,20+,21-/m0/s1. The smallest absolute Gasteiger partial charge is 0.302 e. The third kappa shape index (κ3) is 5.83. The van der Waals surface area contributed by atoms with E-state index in [4.69, 9.17) is 9.47 Å². The molecule has 0 aliphatic carbocycles. The summed E-state index contributed by atoms with van der Waals surface area (Å²) in [6, 6.07) is 0. The van der Waals surface area contributed by atoms with Gasteiger partial charge in [0.25, 0.3) is 0 Å². The molecule has 7 heteroatoms. The Bertz CT molecular complexity index is 639. The van der Waals surface area contributed by atoms with Gasteiger partial charge >= 0.3 is 5.97 Å². The van der Waals surface area contributed by atoms with Gasteiger partial charge in [0.15, 0.2) is 5.78 Å². The van der Waals surface area contributed by atoms with Gasteiger partial charge in [0.05, 0.1) is 24.2 Å². The number of hydrogen-bond donors (Lipinski definition) is 2. The first-order chi connectivity index (χ1) is 13.0. The topological polar surface area (TPSA) is 113 Å². The molecule has 1 aliphatic heterocycles. The van der Waals surface area contributed by atoms with E-state index in [1.807, 2.05) is 26.0 Å². The molecule has 0 saturated carbocycles. The zero-order chi connectivity index (χ0) is 21.6. The summed E-state index contributed by atoms with van der Waals surface area (Å²) in [6.45, 7) is 11.6. The molecule has 1 rings (SSSR count). The summed E-state index contributed by atoms with van der Waals surface area (Å²) in [6.07, 6.45) is 0.890. The number of aliphatic hydroxyl groups excluding tert-OH is 2. The minimum atomic E-state index is -1.35. The van der Waals surface area contributed by atoms with Gasteiger partial charge in [-0.3, -0.25) is 14.4 Å². The summed E-state index contributed by atoms with van der Waals surface area (Å²) < 4.78 is 10.7. The predicted octanol–water partition coefficient (Wildman–Crippen LogP) is 1.75. The van der Waals surface area contributed by atoms with Gasteiger partial charge in [-0.25, -0.2) is 0 Å². The molecule has 6 atom stereocenters. The molecule has 0 amide bonds. The number of allylic oxidation sites excluding steroid dienone is 1. The second-order valence-corrected chi connectivity index (χ2v) is 7.46. The van der Waals surface area contributed by atoms with Crippen molar-refractivity contribution in [2.75, 3.05) is 6.61 Å². The number of hydrogen-bond acceptors (Lipinski definition) is 7. The van der Waals surface area contributed by atoms with Crippen molar-refractivity contribution in [2.24, 2.45) is 11.8 Å². The number of ketones is 2. The highest BCUT2D eigenvalue weighted by molar-refractivity contribution is 5.99. The fourth-order valence-electron chi connectivity index (χ4n) is 3.31. The number of Topliss-reactive ketones (excluding diaryl/α,β-unsaturated/α-hetero) is 2. The van der Waals surface area contributed by atoms with Gasteiger partial charge in [0.1, 0.15) is 18.0 Å². The Hall–Kier alpha value is -1.83. The lowest BCUT2D eigenvalue weighted by molar-refractivity contribution is -0.146. The van der Waals surface area contributed by atoms with E-state index in [1.165, 1.54) is 6.92 Å². The lowest BCUT2D eigenvalue weighted by atomic mass is 9.81. The van der Waals surface area contributed by atoms with Gasteiger partial charge in [-0.05, 0) is 13.8 Å².